The average molecular weight is 266 g/mol. The second-order valence-electron chi connectivity index (χ2n) is 6.24. The van der Waals surface area contributed by atoms with Crippen molar-refractivity contribution in [1.82, 2.24) is 9.80 Å². The standard InChI is InChI=1S/C16H32N3/c1-2-16(15-17,18-11-7-3-4-8-12-18)19-13-9-5-6-10-14-19/h1-15,17H2. The van der Waals surface area contributed by atoms with Crippen molar-refractivity contribution in [1.29, 1.82) is 0 Å². The van der Waals surface area contributed by atoms with Crippen LogP contribution in [0.4, 0.5) is 0 Å². The summed E-state index contributed by atoms with van der Waals surface area (Å²) in [5, 5.41) is 0. The molecule has 0 aliphatic carbocycles. The molecule has 3 heteroatoms. The van der Waals surface area contributed by atoms with Gasteiger partial charge in [0.25, 0.3) is 0 Å². The molecule has 2 saturated heterocycles. The van der Waals surface area contributed by atoms with Crippen LogP contribution in [0.3, 0.4) is 0 Å². The minimum atomic E-state index is 0.0364. The fraction of sp³-hybridized carbons (Fsp3) is 0.938. The largest absolute Gasteiger partial charge is 0.328 e. The lowest BCUT2D eigenvalue weighted by Crippen LogP contribution is -2.64. The summed E-state index contributed by atoms with van der Waals surface area (Å²) >= 11 is 0. The van der Waals surface area contributed by atoms with Crippen LogP contribution in [0.1, 0.15) is 57.8 Å². The Morgan fingerprint density at radius 2 is 1.11 bits per heavy atom. The highest BCUT2D eigenvalue weighted by Gasteiger charge is 2.39. The van der Waals surface area contributed by atoms with Gasteiger partial charge in [-0.05, 0) is 58.3 Å². The molecule has 0 aromatic heterocycles. The number of nitrogens with two attached hydrogens (primary N) is 1. The van der Waals surface area contributed by atoms with Crippen molar-refractivity contribution in [3.63, 3.8) is 0 Å². The van der Waals surface area contributed by atoms with Crippen molar-refractivity contribution in [3.05, 3.63) is 6.92 Å². The molecule has 2 aliphatic heterocycles. The maximum atomic E-state index is 6.26. The van der Waals surface area contributed by atoms with Gasteiger partial charge in [-0.3, -0.25) is 9.80 Å². The van der Waals surface area contributed by atoms with Crippen LogP contribution < -0.4 is 5.73 Å². The van der Waals surface area contributed by atoms with Crippen molar-refractivity contribution >= 4 is 0 Å². The molecule has 0 aromatic rings. The molecule has 1 radical (unpaired) electrons. The van der Waals surface area contributed by atoms with Gasteiger partial charge in [0.1, 0.15) is 0 Å². The minimum Gasteiger partial charge on any atom is -0.328 e. The van der Waals surface area contributed by atoms with E-state index in [0.717, 1.165) is 13.0 Å². The minimum absolute atomic E-state index is 0.0364. The summed E-state index contributed by atoms with van der Waals surface area (Å²) in [5.74, 6) is 0. The van der Waals surface area contributed by atoms with Crippen LogP contribution in [-0.2, 0) is 0 Å². The molecule has 2 N–H and O–H groups in total. The highest BCUT2D eigenvalue weighted by atomic mass is 15.4. The zero-order valence-electron chi connectivity index (χ0n) is 12.6. The van der Waals surface area contributed by atoms with Gasteiger partial charge in [0.05, 0.1) is 5.66 Å². The van der Waals surface area contributed by atoms with Crippen LogP contribution in [-0.4, -0.2) is 48.2 Å². The molecule has 2 fully saturated rings. The Labute approximate surface area is 119 Å². The van der Waals surface area contributed by atoms with Crippen LogP contribution in [0.5, 0.6) is 0 Å². The lowest BCUT2D eigenvalue weighted by molar-refractivity contribution is -0.0496. The molecular weight excluding hydrogens is 234 g/mol. The van der Waals surface area contributed by atoms with Gasteiger partial charge >= 0.3 is 0 Å². The van der Waals surface area contributed by atoms with Crippen LogP contribution in [0.2, 0.25) is 0 Å². The van der Waals surface area contributed by atoms with E-state index >= 15 is 0 Å². The van der Waals surface area contributed by atoms with E-state index in [2.05, 4.69) is 16.7 Å². The molecule has 0 spiro atoms. The number of nitrogens with zero attached hydrogens (tertiary/aromatic N) is 2. The van der Waals surface area contributed by atoms with E-state index in [-0.39, 0.29) is 5.66 Å². The quantitative estimate of drug-likeness (QED) is 0.849. The first-order chi connectivity index (χ1) is 9.33. The maximum Gasteiger partial charge on any atom is 0.0863 e. The lowest BCUT2D eigenvalue weighted by atomic mass is 10.0. The normalized spacial score (nSPS) is 24.9. The molecule has 2 heterocycles. The molecule has 0 aromatic carbocycles. The van der Waals surface area contributed by atoms with Gasteiger partial charge in [0.15, 0.2) is 0 Å². The third-order valence-electron chi connectivity index (χ3n) is 5.12. The Bertz CT molecular complexity index is 212. The van der Waals surface area contributed by atoms with Crippen molar-refractivity contribution in [2.24, 2.45) is 5.73 Å². The van der Waals surface area contributed by atoms with E-state index < -0.39 is 0 Å². The van der Waals surface area contributed by atoms with E-state index in [1.165, 1.54) is 77.5 Å². The molecule has 19 heavy (non-hydrogen) atoms. The Hall–Kier alpha value is -0.120. The van der Waals surface area contributed by atoms with Gasteiger partial charge in [-0.2, -0.15) is 0 Å². The molecule has 0 atom stereocenters. The van der Waals surface area contributed by atoms with Gasteiger partial charge in [-0.15, -0.1) is 0 Å². The number of rotatable bonds is 4. The van der Waals surface area contributed by atoms with Crippen LogP contribution >= 0.6 is 0 Å². The fourth-order valence-corrected chi connectivity index (χ4v) is 3.85. The molecule has 3 nitrogen and oxygen atoms in total. The monoisotopic (exact) mass is 266 g/mol. The summed E-state index contributed by atoms with van der Waals surface area (Å²) in [6.45, 7) is 9.86. The van der Waals surface area contributed by atoms with Gasteiger partial charge in [-0.25, -0.2) is 0 Å². The van der Waals surface area contributed by atoms with Gasteiger partial charge in [0, 0.05) is 6.54 Å². The molecular formula is C16H32N3. The van der Waals surface area contributed by atoms with E-state index in [1.807, 2.05) is 0 Å². The zero-order valence-corrected chi connectivity index (χ0v) is 12.6. The van der Waals surface area contributed by atoms with Crippen LogP contribution in [0, 0.1) is 6.92 Å². The first-order valence-corrected chi connectivity index (χ1v) is 8.33. The third-order valence-corrected chi connectivity index (χ3v) is 5.12. The predicted molar refractivity (Wildman–Crippen MR) is 81.8 cm³/mol. The summed E-state index contributed by atoms with van der Waals surface area (Å²) in [7, 11) is 0. The lowest BCUT2D eigenvalue weighted by Gasteiger charge is -2.50. The summed E-state index contributed by atoms with van der Waals surface area (Å²) in [5.41, 5.74) is 6.30. The highest BCUT2D eigenvalue weighted by Crippen LogP contribution is 2.29. The Kier molecular flexibility index (Phi) is 6.11. The molecule has 111 valence electrons. The van der Waals surface area contributed by atoms with Crippen molar-refractivity contribution in [3.8, 4) is 0 Å². The van der Waals surface area contributed by atoms with E-state index in [4.69, 9.17) is 5.73 Å². The van der Waals surface area contributed by atoms with Crippen molar-refractivity contribution in [2.45, 2.75) is 63.5 Å². The number of likely N-dealkylation sites (tertiary alicyclic amines) is 2. The number of hydrogen-bond donors (Lipinski definition) is 1. The Balaban J connectivity index is 2.13. The third kappa shape index (κ3) is 3.50. The van der Waals surface area contributed by atoms with Gasteiger partial charge < -0.3 is 5.73 Å². The molecule has 2 aliphatic rings. The van der Waals surface area contributed by atoms with Crippen molar-refractivity contribution in [2.75, 3.05) is 32.7 Å². The van der Waals surface area contributed by atoms with E-state index in [1.54, 1.807) is 0 Å². The second kappa shape index (κ2) is 7.61. The first-order valence-electron chi connectivity index (χ1n) is 8.33. The number of hydrogen-bond acceptors (Lipinski definition) is 3. The average Bonchev–Trinajstić information content (AvgIpc) is 2.86. The second-order valence-corrected chi connectivity index (χ2v) is 6.24. The van der Waals surface area contributed by atoms with E-state index in [0.29, 0.717) is 0 Å². The van der Waals surface area contributed by atoms with Gasteiger partial charge in [-0.1, -0.05) is 32.6 Å². The molecule has 0 saturated carbocycles. The Morgan fingerprint density at radius 1 is 0.737 bits per heavy atom. The maximum absolute atomic E-state index is 6.26. The van der Waals surface area contributed by atoms with Gasteiger partial charge in [0.2, 0.25) is 0 Å². The van der Waals surface area contributed by atoms with Crippen LogP contribution in [0.15, 0.2) is 0 Å². The van der Waals surface area contributed by atoms with E-state index in [9.17, 15) is 0 Å². The predicted octanol–water partition coefficient (Wildman–Crippen LogP) is 2.62. The fourth-order valence-electron chi connectivity index (χ4n) is 3.85. The summed E-state index contributed by atoms with van der Waals surface area (Å²) in [6.07, 6.45) is 11.8. The van der Waals surface area contributed by atoms with Crippen LogP contribution in [0.25, 0.3) is 0 Å². The molecule has 0 amide bonds. The highest BCUT2D eigenvalue weighted by molar-refractivity contribution is 4.94. The molecule has 0 unspecified atom stereocenters. The SMILES string of the molecule is [CH2]CC(CN)(N1CCCCCC1)N1CCCCCC1. The smallest absolute Gasteiger partial charge is 0.0863 e. The first kappa shape index (κ1) is 15.3. The molecule has 0 bridgehead atoms. The zero-order chi connectivity index (χ0) is 13.6. The summed E-state index contributed by atoms with van der Waals surface area (Å²) in [4.78, 5) is 5.33. The van der Waals surface area contributed by atoms with Crippen molar-refractivity contribution < 1.29 is 0 Å². The topological polar surface area (TPSA) is 32.5 Å². The molecule has 2 rings (SSSR count). The summed E-state index contributed by atoms with van der Waals surface area (Å²) in [6, 6.07) is 0. The Morgan fingerprint density at radius 3 is 1.37 bits per heavy atom. The summed E-state index contributed by atoms with van der Waals surface area (Å²) < 4.78 is 0.